The zero-order chi connectivity index (χ0) is 26.4. The van der Waals surface area contributed by atoms with Gasteiger partial charge in [-0.15, -0.1) is 6.58 Å². The van der Waals surface area contributed by atoms with Crippen LogP contribution in [-0.4, -0.2) is 19.3 Å². The van der Waals surface area contributed by atoms with Crippen molar-refractivity contribution in [1.82, 2.24) is 0 Å². The average Bonchev–Trinajstić information content (AvgIpc) is 2.92. The second-order valence-electron chi connectivity index (χ2n) is 10.6. The maximum absolute atomic E-state index is 14.9. The van der Waals surface area contributed by atoms with Crippen LogP contribution in [0.2, 0.25) is 0 Å². The lowest BCUT2D eigenvalue weighted by Crippen LogP contribution is -2.34. The molecule has 2 aromatic carbocycles. The second kappa shape index (κ2) is 12.9. The van der Waals surface area contributed by atoms with Gasteiger partial charge in [-0.25, -0.2) is 13.2 Å². The van der Waals surface area contributed by atoms with Crippen molar-refractivity contribution in [3.8, 4) is 16.9 Å². The van der Waals surface area contributed by atoms with Crippen LogP contribution in [0.25, 0.3) is 11.1 Å². The summed E-state index contributed by atoms with van der Waals surface area (Å²) in [6.45, 7) is 6.47. The molecule has 4 rings (SSSR count). The van der Waals surface area contributed by atoms with Gasteiger partial charge in [-0.3, -0.25) is 0 Å². The minimum absolute atomic E-state index is 0.167. The van der Waals surface area contributed by atoms with Gasteiger partial charge in [0.2, 0.25) is 5.82 Å². The van der Waals surface area contributed by atoms with Crippen molar-refractivity contribution < 1.29 is 27.0 Å². The maximum Gasteiger partial charge on any atom is 0.201 e. The standard InChI is InChI=1S/C31H38F4O2/c1-3-5-6-21-10-17-26(37-19-21)22-11-7-20(8-12-22)9-13-23-14-15-24(29(33)28(23)32)25-16-18-27(36-4-2)31(35)30(25)34/h3,14-16,18,20-22,26H,1,4-13,17,19H2,2H3. The molecule has 2 aliphatic rings. The van der Waals surface area contributed by atoms with Gasteiger partial charge in [0, 0.05) is 17.7 Å². The first-order valence-electron chi connectivity index (χ1n) is 13.7. The van der Waals surface area contributed by atoms with Gasteiger partial charge in [-0.05, 0) is 93.7 Å². The third-order valence-electron chi connectivity index (χ3n) is 8.22. The van der Waals surface area contributed by atoms with E-state index in [0.29, 0.717) is 30.3 Å². The average molecular weight is 519 g/mol. The second-order valence-corrected chi connectivity index (χ2v) is 10.6. The van der Waals surface area contributed by atoms with Gasteiger partial charge >= 0.3 is 0 Å². The summed E-state index contributed by atoms with van der Waals surface area (Å²) in [5.74, 6) is -3.12. The Balaban J connectivity index is 1.30. The predicted molar refractivity (Wildman–Crippen MR) is 139 cm³/mol. The minimum atomic E-state index is -1.25. The SMILES string of the molecule is C=CCCC1CCC(C2CCC(CCc3ccc(-c4ccc(OCC)c(F)c4F)c(F)c3F)CC2)OC1. The van der Waals surface area contributed by atoms with Gasteiger partial charge in [-0.1, -0.05) is 31.1 Å². The summed E-state index contributed by atoms with van der Waals surface area (Å²) in [7, 11) is 0. The van der Waals surface area contributed by atoms with E-state index in [4.69, 9.17) is 9.47 Å². The van der Waals surface area contributed by atoms with Gasteiger partial charge in [-0.2, -0.15) is 4.39 Å². The van der Waals surface area contributed by atoms with E-state index < -0.39 is 23.3 Å². The summed E-state index contributed by atoms with van der Waals surface area (Å²) >= 11 is 0. The van der Waals surface area contributed by atoms with Gasteiger partial charge < -0.3 is 9.47 Å². The molecule has 6 heteroatoms. The largest absolute Gasteiger partial charge is 0.491 e. The third-order valence-corrected chi connectivity index (χ3v) is 8.22. The fourth-order valence-corrected chi connectivity index (χ4v) is 5.98. The Morgan fingerprint density at radius 3 is 2.16 bits per heavy atom. The molecule has 0 N–H and O–H groups in total. The van der Waals surface area contributed by atoms with E-state index in [2.05, 4.69) is 6.58 Å². The van der Waals surface area contributed by atoms with Gasteiger partial charge in [0.1, 0.15) is 0 Å². The lowest BCUT2D eigenvalue weighted by Gasteiger charge is -2.38. The highest BCUT2D eigenvalue weighted by Crippen LogP contribution is 2.39. The van der Waals surface area contributed by atoms with Gasteiger partial charge in [0.25, 0.3) is 0 Å². The fraction of sp³-hybridized carbons (Fsp3) is 0.548. The first kappa shape index (κ1) is 27.7. The first-order valence-corrected chi connectivity index (χ1v) is 13.7. The van der Waals surface area contributed by atoms with Crippen molar-refractivity contribution in [1.29, 1.82) is 0 Å². The monoisotopic (exact) mass is 518 g/mol. The van der Waals surface area contributed by atoms with Crippen LogP contribution >= 0.6 is 0 Å². The number of rotatable bonds is 10. The summed E-state index contributed by atoms with van der Waals surface area (Å²) in [6.07, 6.45) is 12.5. The number of benzene rings is 2. The van der Waals surface area contributed by atoms with E-state index in [9.17, 15) is 17.6 Å². The molecule has 0 amide bonds. The number of ether oxygens (including phenoxy) is 2. The predicted octanol–water partition coefficient (Wildman–Crippen LogP) is 8.81. The van der Waals surface area contributed by atoms with Crippen LogP contribution < -0.4 is 4.74 Å². The summed E-state index contributed by atoms with van der Waals surface area (Å²) in [6, 6.07) is 5.28. The van der Waals surface area contributed by atoms with Crippen LogP contribution in [0, 0.1) is 41.0 Å². The number of hydrogen-bond acceptors (Lipinski definition) is 2. The third kappa shape index (κ3) is 6.57. The molecule has 1 aliphatic carbocycles. The number of aryl methyl sites for hydroxylation is 1. The highest BCUT2D eigenvalue weighted by atomic mass is 19.2. The molecule has 2 nitrogen and oxygen atoms in total. The number of hydrogen-bond donors (Lipinski definition) is 0. The Kier molecular flexibility index (Phi) is 9.69. The van der Waals surface area contributed by atoms with Crippen molar-refractivity contribution in [2.75, 3.05) is 13.2 Å². The van der Waals surface area contributed by atoms with Crippen LogP contribution in [0.1, 0.15) is 70.3 Å². The van der Waals surface area contributed by atoms with Crippen molar-refractivity contribution in [2.24, 2.45) is 17.8 Å². The molecule has 0 radical (unpaired) electrons. The number of allylic oxidation sites excluding steroid dienone is 1. The molecule has 37 heavy (non-hydrogen) atoms. The summed E-state index contributed by atoms with van der Waals surface area (Å²) in [4.78, 5) is 0. The summed E-state index contributed by atoms with van der Waals surface area (Å²) < 4.78 is 69.9. The Morgan fingerprint density at radius 2 is 1.51 bits per heavy atom. The molecule has 0 bridgehead atoms. The van der Waals surface area contributed by atoms with E-state index in [1.54, 1.807) is 6.92 Å². The van der Waals surface area contributed by atoms with Crippen molar-refractivity contribution in [3.05, 3.63) is 65.8 Å². The molecule has 0 spiro atoms. The van der Waals surface area contributed by atoms with Crippen molar-refractivity contribution in [2.45, 2.75) is 77.2 Å². The highest BCUT2D eigenvalue weighted by Gasteiger charge is 2.31. The Labute approximate surface area is 218 Å². The summed E-state index contributed by atoms with van der Waals surface area (Å²) in [5.41, 5.74) is -0.337. The quantitative estimate of drug-likeness (QED) is 0.231. The van der Waals surface area contributed by atoms with E-state index in [1.807, 2.05) is 6.08 Å². The maximum atomic E-state index is 14.9. The van der Waals surface area contributed by atoms with Gasteiger partial charge in [0.15, 0.2) is 23.2 Å². The van der Waals surface area contributed by atoms with Crippen LogP contribution in [0.3, 0.4) is 0 Å². The van der Waals surface area contributed by atoms with Crippen LogP contribution in [-0.2, 0) is 11.2 Å². The molecule has 1 saturated heterocycles. The molecule has 1 saturated carbocycles. The zero-order valence-corrected chi connectivity index (χ0v) is 21.7. The molecule has 2 atom stereocenters. The van der Waals surface area contributed by atoms with Crippen LogP contribution in [0.4, 0.5) is 17.6 Å². The van der Waals surface area contributed by atoms with E-state index in [1.165, 1.54) is 30.7 Å². The van der Waals surface area contributed by atoms with E-state index in [0.717, 1.165) is 58.0 Å². The summed E-state index contributed by atoms with van der Waals surface area (Å²) in [5, 5.41) is 0. The normalized spacial score (nSPS) is 24.1. The fourth-order valence-electron chi connectivity index (χ4n) is 5.98. The molecule has 0 aromatic heterocycles. The first-order chi connectivity index (χ1) is 17.9. The Bertz CT molecular complexity index is 1050. The van der Waals surface area contributed by atoms with E-state index >= 15 is 0 Å². The topological polar surface area (TPSA) is 18.5 Å². The van der Waals surface area contributed by atoms with Gasteiger partial charge in [0.05, 0.1) is 12.7 Å². The molecule has 1 aliphatic heterocycles. The molecular formula is C31H38F4O2. The molecule has 202 valence electrons. The lowest BCUT2D eigenvalue weighted by atomic mass is 9.75. The minimum Gasteiger partial charge on any atom is -0.491 e. The van der Waals surface area contributed by atoms with Crippen molar-refractivity contribution in [3.63, 3.8) is 0 Å². The zero-order valence-electron chi connectivity index (χ0n) is 21.7. The highest BCUT2D eigenvalue weighted by molar-refractivity contribution is 5.66. The molecule has 2 unspecified atom stereocenters. The Morgan fingerprint density at radius 1 is 0.838 bits per heavy atom. The molecule has 2 aromatic rings. The van der Waals surface area contributed by atoms with E-state index in [-0.39, 0.29) is 29.0 Å². The van der Waals surface area contributed by atoms with Crippen LogP contribution in [0.15, 0.2) is 36.9 Å². The molecular weight excluding hydrogens is 480 g/mol. The molecule has 2 fully saturated rings. The lowest BCUT2D eigenvalue weighted by molar-refractivity contribution is -0.0593. The van der Waals surface area contributed by atoms with Crippen molar-refractivity contribution >= 4 is 0 Å². The number of halogens is 4. The molecule has 1 heterocycles. The van der Waals surface area contributed by atoms with Crippen LogP contribution in [0.5, 0.6) is 5.75 Å². The smallest absolute Gasteiger partial charge is 0.201 e. The Hall–Kier alpha value is -2.34.